The summed E-state index contributed by atoms with van der Waals surface area (Å²) in [5.41, 5.74) is 14.2. The largest absolute Gasteiger partial charge is 0.341 e. The standard InChI is InChI=1S/C17H25N3O/c1-12(18)15-7-4-8-20(11-15)16(21)17(19)9-13-5-2-3-6-14(13)10-17/h2-3,5-6,12,15H,4,7-11,18-19H2,1H3/t12-,15-/m0/s1. The van der Waals surface area contributed by atoms with Gasteiger partial charge in [-0.25, -0.2) is 0 Å². The van der Waals surface area contributed by atoms with E-state index in [0.717, 1.165) is 25.9 Å². The Morgan fingerprint density at radius 1 is 1.33 bits per heavy atom. The van der Waals surface area contributed by atoms with Crippen LogP contribution in [0.5, 0.6) is 0 Å². The number of amides is 1. The zero-order chi connectivity index (χ0) is 15.0. The Bertz CT molecular complexity index is 516. The fourth-order valence-corrected chi connectivity index (χ4v) is 3.73. The smallest absolute Gasteiger partial charge is 0.243 e. The lowest BCUT2D eigenvalue weighted by molar-refractivity contribution is -0.138. The highest BCUT2D eigenvalue weighted by Crippen LogP contribution is 2.31. The van der Waals surface area contributed by atoms with Gasteiger partial charge < -0.3 is 16.4 Å². The van der Waals surface area contributed by atoms with Gasteiger partial charge in [0.25, 0.3) is 0 Å². The number of carbonyl (C=O) groups excluding carboxylic acids is 1. The van der Waals surface area contributed by atoms with E-state index in [-0.39, 0.29) is 11.9 Å². The van der Waals surface area contributed by atoms with Crippen LogP contribution in [0.3, 0.4) is 0 Å². The van der Waals surface area contributed by atoms with Gasteiger partial charge >= 0.3 is 0 Å². The molecule has 3 rings (SSSR count). The van der Waals surface area contributed by atoms with E-state index in [0.29, 0.717) is 18.8 Å². The van der Waals surface area contributed by atoms with Crippen LogP contribution in [0.25, 0.3) is 0 Å². The summed E-state index contributed by atoms with van der Waals surface area (Å²) in [6, 6.07) is 8.33. The van der Waals surface area contributed by atoms with Crippen molar-refractivity contribution < 1.29 is 4.79 Å². The molecule has 0 unspecified atom stereocenters. The Labute approximate surface area is 126 Å². The first-order valence-corrected chi connectivity index (χ1v) is 7.90. The van der Waals surface area contributed by atoms with Crippen molar-refractivity contribution >= 4 is 5.91 Å². The number of rotatable bonds is 2. The quantitative estimate of drug-likeness (QED) is 0.854. The Hall–Kier alpha value is -1.39. The maximum absolute atomic E-state index is 12.9. The molecule has 1 amide bonds. The van der Waals surface area contributed by atoms with Gasteiger partial charge in [0.1, 0.15) is 5.54 Å². The molecule has 1 heterocycles. The Balaban J connectivity index is 1.74. The van der Waals surface area contributed by atoms with Crippen molar-refractivity contribution in [3.63, 3.8) is 0 Å². The number of likely N-dealkylation sites (tertiary alicyclic amines) is 1. The Morgan fingerprint density at radius 2 is 1.95 bits per heavy atom. The van der Waals surface area contributed by atoms with Crippen LogP contribution in [0.2, 0.25) is 0 Å². The van der Waals surface area contributed by atoms with Gasteiger partial charge in [0.05, 0.1) is 0 Å². The molecule has 1 aromatic carbocycles. The number of nitrogens with two attached hydrogens (primary N) is 2. The minimum Gasteiger partial charge on any atom is -0.341 e. The molecule has 0 saturated carbocycles. The summed E-state index contributed by atoms with van der Waals surface area (Å²) < 4.78 is 0. The number of hydrogen-bond acceptors (Lipinski definition) is 3. The second kappa shape index (κ2) is 5.43. The molecule has 114 valence electrons. The monoisotopic (exact) mass is 287 g/mol. The normalized spacial score (nSPS) is 25.5. The SMILES string of the molecule is C[C@H](N)[C@H]1CCCN(C(=O)C2(N)Cc3ccccc3C2)C1. The molecule has 0 bridgehead atoms. The van der Waals surface area contributed by atoms with E-state index in [4.69, 9.17) is 11.5 Å². The maximum atomic E-state index is 12.9. The third-order valence-corrected chi connectivity index (χ3v) is 5.04. The van der Waals surface area contributed by atoms with E-state index in [2.05, 4.69) is 12.1 Å². The van der Waals surface area contributed by atoms with Gasteiger partial charge in [0, 0.05) is 19.1 Å². The van der Waals surface area contributed by atoms with Crippen molar-refractivity contribution in [3.8, 4) is 0 Å². The van der Waals surface area contributed by atoms with E-state index in [1.807, 2.05) is 24.0 Å². The fourth-order valence-electron chi connectivity index (χ4n) is 3.73. The van der Waals surface area contributed by atoms with Crippen LogP contribution in [0.4, 0.5) is 0 Å². The van der Waals surface area contributed by atoms with Crippen molar-refractivity contribution in [1.29, 1.82) is 0 Å². The van der Waals surface area contributed by atoms with Crippen LogP contribution in [-0.2, 0) is 17.6 Å². The molecule has 1 aliphatic carbocycles. The third kappa shape index (κ3) is 2.70. The zero-order valence-corrected chi connectivity index (χ0v) is 12.7. The van der Waals surface area contributed by atoms with Crippen molar-refractivity contribution in [2.75, 3.05) is 13.1 Å². The van der Waals surface area contributed by atoms with Crippen LogP contribution < -0.4 is 11.5 Å². The molecule has 0 radical (unpaired) electrons. The van der Waals surface area contributed by atoms with E-state index < -0.39 is 5.54 Å². The Morgan fingerprint density at radius 3 is 2.52 bits per heavy atom. The molecule has 21 heavy (non-hydrogen) atoms. The minimum absolute atomic E-state index is 0.101. The number of nitrogens with zero attached hydrogens (tertiary/aromatic N) is 1. The van der Waals surface area contributed by atoms with E-state index >= 15 is 0 Å². The summed E-state index contributed by atoms with van der Waals surface area (Å²) in [4.78, 5) is 14.9. The number of hydrogen-bond donors (Lipinski definition) is 2. The highest BCUT2D eigenvalue weighted by atomic mass is 16.2. The van der Waals surface area contributed by atoms with E-state index in [1.54, 1.807) is 0 Å². The van der Waals surface area contributed by atoms with Crippen LogP contribution in [-0.4, -0.2) is 35.5 Å². The summed E-state index contributed by atoms with van der Waals surface area (Å²) >= 11 is 0. The second-order valence-electron chi connectivity index (χ2n) is 6.79. The summed E-state index contributed by atoms with van der Waals surface area (Å²) in [6.07, 6.45) is 3.45. The molecule has 1 fully saturated rings. The summed E-state index contributed by atoms with van der Waals surface area (Å²) in [5.74, 6) is 0.499. The average Bonchev–Trinajstić information content (AvgIpc) is 2.84. The highest BCUT2D eigenvalue weighted by Gasteiger charge is 2.43. The average molecular weight is 287 g/mol. The highest BCUT2D eigenvalue weighted by molar-refractivity contribution is 5.88. The van der Waals surface area contributed by atoms with Crippen molar-refractivity contribution in [1.82, 2.24) is 4.90 Å². The maximum Gasteiger partial charge on any atom is 0.243 e. The second-order valence-corrected chi connectivity index (χ2v) is 6.79. The molecule has 2 aliphatic rings. The predicted molar refractivity (Wildman–Crippen MR) is 83.7 cm³/mol. The van der Waals surface area contributed by atoms with Crippen LogP contribution >= 0.6 is 0 Å². The van der Waals surface area contributed by atoms with Crippen molar-refractivity contribution in [3.05, 3.63) is 35.4 Å². The van der Waals surface area contributed by atoms with Gasteiger partial charge in [-0.2, -0.15) is 0 Å². The first kappa shape index (κ1) is 14.5. The van der Waals surface area contributed by atoms with Crippen LogP contribution in [0.1, 0.15) is 30.9 Å². The lowest BCUT2D eigenvalue weighted by atomic mass is 9.89. The van der Waals surface area contributed by atoms with Crippen molar-refractivity contribution in [2.45, 2.75) is 44.2 Å². The summed E-state index contributed by atoms with van der Waals surface area (Å²) in [7, 11) is 0. The van der Waals surface area contributed by atoms with Gasteiger partial charge in [-0.1, -0.05) is 24.3 Å². The first-order valence-electron chi connectivity index (χ1n) is 7.90. The van der Waals surface area contributed by atoms with Gasteiger partial charge in [-0.15, -0.1) is 0 Å². The molecule has 4 heteroatoms. The minimum atomic E-state index is -0.761. The molecule has 0 spiro atoms. The molecule has 0 aromatic heterocycles. The van der Waals surface area contributed by atoms with E-state index in [1.165, 1.54) is 11.1 Å². The predicted octanol–water partition coefficient (Wildman–Crippen LogP) is 1.07. The van der Waals surface area contributed by atoms with Crippen LogP contribution in [0, 0.1) is 5.92 Å². The van der Waals surface area contributed by atoms with Gasteiger partial charge in [-0.3, -0.25) is 4.79 Å². The van der Waals surface area contributed by atoms with E-state index in [9.17, 15) is 4.79 Å². The molecular weight excluding hydrogens is 262 g/mol. The molecule has 4 nitrogen and oxygen atoms in total. The number of piperidine rings is 1. The van der Waals surface area contributed by atoms with Gasteiger partial charge in [-0.05, 0) is 49.7 Å². The molecule has 1 aliphatic heterocycles. The number of benzene rings is 1. The first-order chi connectivity index (χ1) is 9.99. The summed E-state index contributed by atoms with van der Waals surface area (Å²) in [6.45, 7) is 3.60. The van der Waals surface area contributed by atoms with Gasteiger partial charge in [0.15, 0.2) is 0 Å². The zero-order valence-electron chi connectivity index (χ0n) is 12.7. The van der Waals surface area contributed by atoms with Gasteiger partial charge in [0.2, 0.25) is 5.91 Å². The van der Waals surface area contributed by atoms with Crippen molar-refractivity contribution in [2.24, 2.45) is 17.4 Å². The number of carbonyl (C=O) groups is 1. The molecule has 2 atom stereocenters. The molecule has 4 N–H and O–H groups in total. The summed E-state index contributed by atoms with van der Waals surface area (Å²) in [5, 5.41) is 0. The molecular formula is C17H25N3O. The third-order valence-electron chi connectivity index (χ3n) is 5.04. The topological polar surface area (TPSA) is 72.3 Å². The molecule has 1 aromatic rings. The lowest BCUT2D eigenvalue weighted by Gasteiger charge is -2.38. The number of fused-ring (bicyclic) bond motifs is 1. The molecule has 1 saturated heterocycles. The van der Waals surface area contributed by atoms with Crippen LogP contribution in [0.15, 0.2) is 24.3 Å². The lowest BCUT2D eigenvalue weighted by Crippen LogP contribution is -2.58. The Kier molecular flexibility index (Phi) is 3.76. The fraction of sp³-hybridized carbons (Fsp3) is 0.588.